The van der Waals surface area contributed by atoms with E-state index in [4.69, 9.17) is 0 Å². The van der Waals surface area contributed by atoms with Gasteiger partial charge in [0.15, 0.2) is 0 Å². The first-order valence-electron chi connectivity index (χ1n) is 8.68. The highest BCUT2D eigenvalue weighted by molar-refractivity contribution is 5.80. The second kappa shape index (κ2) is 7.51. The van der Waals surface area contributed by atoms with Crippen LogP contribution in [0.1, 0.15) is 23.4 Å². The Labute approximate surface area is 151 Å². The lowest BCUT2D eigenvalue weighted by Crippen LogP contribution is -2.32. The maximum atomic E-state index is 12.4. The predicted molar refractivity (Wildman–Crippen MR) is 100 cm³/mol. The zero-order chi connectivity index (χ0) is 18.7. The minimum atomic E-state index is -0.140. The quantitative estimate of drug-likeness (QED) is 0.728. The summed E-state index contributed by atoms with van der Waals surface area (Å²) in [6, 6.07) is 7.35. The summed E-state index contributed by atoms with van der Waals surface area (Å²) in [6.07, 6.45) is 2.73. The first kappa shape index (κ1) is 17.8. The molecular weight excluding hydrogens is 330 g/mol. The van der Waals surface area contributed by atoms with Gasteiger partial charge in [0.2, 0.25) is 5.91 Å². The van der Waals surface area contributed by atoms with Crippen LogP contribution >= 0.6 is 0 Å². The van der Waals surface area contributed by atoms with Gasteiger partial charge in [0.25, 0.3) is 5.56 Å². The third-order valence-corrected chi connectivity index (χ3v) is 4.67. The molecule has 0 spiro atoms. The van der Waals surface area contributed by atoms with Crippen molar-refractivity contribution in [1.29, 1.82) is 0 Å². The average Bonchev–Trinajstić information content (AvgIpc) is 2.87. The largest absolute Gasteiger partial charge is 0.354 e. The molecule has 7 heteroatoms. The summed E-state index contributed by atoms with van der Waals surface area (Å²) in [5.41, 5.74) is 3.03. The number of carbonyl (C=O) groups is 1. The van der Waals surface area contributed by atoms with Crippen molar-refractivity contribution in [2.75, 3.05) is 6.54 Å². The third-order valence-electron chi connectivity index (χ3n) is 4.67. The lowest BCUT2D eigenvalue weighted by molar-refractivity contribution is -0.121. The van der Waals surface area contributed by atoms with E-state index in [1.165, 1.54) is 4.68 Å². The van der Waals surface area contributed by atoms with Crippen LogP contribution in [0.25, 0.3) is 10.8 Å². The zero-order valence-electron chi connectivity index (χ0n) is 15.3. The summed E-state index contributed by atoms with van der Waals surface area (Å²) in [7, 11) is 1.90. The SMILES string of the molecule is Cc1nn(C)c(C)c1CCC(=O)NCCn1ncc2ccccc2c1=O. The normalized spacial score (nSPS) is 11.0. The van der Waals surface area contributed by atoms with Crippen LogP contribution < -0.4 is 10.9 Å². The van der Waals surface area contributed by atoms with Gasteiger partial charge in [-0.3, -0.25) is 14.3 Å². The number of rotatable bonds is 6. The fourth-order valence-electron chi connectivity index (χ4n) is 3.09. The summed E-state index contributed by atoms with van der Waals surface area (Å²) in [5, 5.41) is 12.8. The second-order valence-electron chi connectivity index (χ2n) is 6.38. The van der Waals surface area contributed by atoms with Crippen LogP contribution in [0.15, 0.2) is 35.3 Å². The van der Waals surface area contributed by atoms with E-state index < -0.39 is 0 Å². The van der Waals surface area contributed by atoms with Gasteiger partial charge in [0.05, 0.1) is 23.8 Å². The van der Waals surface area contributed by atoms with Gasteiger partial charge in [-0.1, -0.05) is 18.2 Å². The molecule has 7 nitrogen and oxygen atoms in total. The average molecular weight is 353 g/mol. The molecule has 0 atom stereocenters. The smallest absolute Gasteiger partial charge is 0.274 e. The van der Waals surface area contributed by atoms with E-state index in [0.29, 0.717) is 31.3 Å². The predicted octanol–water partition coefficient (Wildman–Crippen LogP) is 1.50. The Morgan fingerprint density at radius 3 is 2.73 bits per heavy atom. The molecule has 2 heterocycles. The van der Waals surface area contributed by atoms with Gasteiger partial charge in [-0.15, -0.1) is 0 Å². The molecule has 1 aromatic carbocycles. The van der Waals surface area contributed by atoms with Crippen molar-refractivity contribution in [3.8, 4) is 0 Å². The molecule has 3 aromatic rings. The number of hydrogen-bond donors (Lipinski definition) is 1. The Hall–Kier alpha value is -2.96. The highest BCUT2D eigenvalue weighted by Crippen LogP contribution is 2.13. The molecule has 0 bridgehead atoms. The number of aromatic nitrogens is 4. The Morgan fingerprint density at radius 2 is 2.00 bits per heavy atom. The number of fused-ring (bicyclic) bond motifs is 1. The molecule has 1 amide bonds. The fourth-order valence-corrected chi connectivity index (χ4v) is 3.09. The van der Waals surface area contributed by atoms with Gasteiger partial charge in [-0.05, 0) is 31.9 Å². The number of carbonyl (C=O) groups excluding carboxylic acids is 1. The minimum Gasteiger partial charge on any atom is -0.354 e. The Balaban J connectivity index is 1.54. The highest BCUT2D eigenvalue weighted by Gasteiger charge is 2.11. The molecule has 0 unspecified atom stereocenters. The van der Waals surface area contributed by atoms with E-state index in [-0.39, 0.29) is 11.5 Å². The molecule has 0 aliphatic heterocycles. The van der Waals surface area contributed by atoms with Crippen molar-refractivity contribution in [2.45, 2.75) is 33.2 Å². The number of benzene rings is 1. The minimum absolute atomic E-state index is 0.0403. The number of aryl methyl sites for hydroxylation is 2. The maximum Gasteiger partial charge on any atom is 0.274 e. The van der Waals surface area contributed by atoms with E-state index in [2.05, 4.69) is 15.5 Å². The van der Waals surface area contributed by atoms with E-state index in [1.807, 2.05) is 43.8 Å². The molecule has 0 radical (unpaired) electrons. The standard InChI is InChI=1S/C19H23N5O2/c1-13-16(14(2)23(3)22-13)8-9-18(25)20-10-11-24-19(26)17-7-5-4-6-15(17)12-21-24/h4-7,12H,8-11H2,1-3H3,(H,20,25). The van der Waals surface area contributed by atoms with Crippen LogP contribution in [0.2, 0.25) is 0 Å². The highest BCUT2D eigenvalue weighted by atomic mass is 16.1. The van der Waals surface area contributed by atoms with Crippen molar-refractivity contribution < 1.29 is 4.79 Å². The summed E-state index contributed by atoms with van der Waals surface area (Å²) >= 11 is 0. The van der Waals surface area contributed by atoms with Crippen LogP contribution in [0.3, 0.4) is 0 Å². The molecule has 3 rings (SSSR count). The maximum absolute atomic E-state index is 12.4. The molecule has 2 aromatic heterocycles. The topological polar surface area (TPSA) is 81.8 Å². The first-order valence-corrected chi connectivity index (χ1v) is 8.68. The van der Waals surface area contributed by atoms with Crippen LogP contribution in [-0.2, 0) is 24.8 Å². The van der Waals surface area contributed by atoms with Gasteiger partial charge in [-0.25, -0.2) is 4.68 Å². The molecule has 26 heavy (non-hydrogen) atoms. The molecule has 0 saturated carbocycles. The van der Waals surface area contributed by atoms with E-state index >= 15 is 0 Å². The lowest BCUT2D eigenvalue weighted by atomic mass is 10.1. The molecule has 0 aliphatic rings. The van der Waals surface area contributed by atoms with Crippen molar-refractivity contribution in [3.05, 3.63) is 57.8 Å². The summed E-state index contributed by atoms with van der Waals surface area (Å²) in [4.78, 5) is 24.5. The van der Waals surface area contributed by atoms with Gasteiger partial charge >= 0.3 is 0 Å². The number of nitrogens with one attached hydrogen (secondary N) is 1. The van der Waals surface area contributed by atoms with E-state index in [1.54, 1.807) is 12.3 Å². The Kier molecular flexibility index (Phi) is 5.16. The second-order valence-corrected chi connectivity index (χ2v) is 6.38. The zero-order valence-corrected chi connectivity index (χ0v) is 15.3. The van der Waals surface area contributed by atoms with Crippen LogP contribution in [-0.4, -0.2) is 32.0 Å². The van der Waals surface area contributed by atoms with E-state index in [0.717, 1.165) is 22.3 Å². The summed E-state index contributed by atoms with van der Waals surface area (Å²) < 4.78 is 3.22. The van der Waals surface area contributed by atoms with Crippen LogP contribution in [0.5, 0.6) is 0 Å². The summed E-state index contributed by atoms with van der Waals surface area (Å²) in [6.45, 7) is 4.68. The number of nitrogens with zero attached hydrogens (tertiary/aromatic N) is 4. The molecule has 0 saturated heterocycles. The molecule has 136 valence electrons. The van der Waals surface area contributed by atoms with Crippen molar-refractivity contribution in [2.24, 2.45) is 7.05 Å². The lowest BCUT2D eigenvalue weighted by Gasteiger charge is -2.08. The molecule has 1 N–H and O–H groups in total. The first-order chi connectivity index (χ1) is 12.5. The third kappa shape index (κ3) is 3.66. The van der Waals surface area contributed by atoms with Crippen molar-refractivity contribution in [3.63, 3.8) is 0 Å². The fraction of sp³-hybridized carbons (Fsp3) is 0.368. The van der Waals surface area contributed by atoms with Gasteiger partial charge < -0.3 is 5.32 Å². The Morgan fingerprint density at radius 1 is 1.23 bits per heavy atom. The molecule has 0 aliphatic carbocycles. The van der Waals surface area contributed by atoms with Gasteiger partial charge in [0.1, 0.15) is 0 Å². The van der Waals surface area contributed by atoms with Gasteiger partial charge in [0, 0.05) is 31.1 Å². The van der Waals surface area contributed by atoms with Crippen LogP contribution in [0, 0.1) is 13.8 Å². The monoisotopic (exact) mass is 353 g/mol. The molecular formula is C19H23N5O2. The van der Waals surface area contributed by atoms with Crippen LogP contribution in [0.4, 0.5) is 0 Å². The Bertz CT molecular complexity index is 1000. The summed E-state index contributed by atoms with van der Waals surface area (Å²) in [5.74, 6) is -0.0403. The van der Waals surface area contributed by atoms with Gasteiger partial charge in [-0.2, -0.15) is 10.2 Å². The van der Waals surface area contributed by atoms with Crippen molar-refractivity contribution in [1.82, 2.24) is 24.9 Å². The van der Waals surface area contributed by atoms with Crippen molar-refractivity contribution >= 4 is 16.7 Å². The molecule has 0 fully saturated rings. The number of amides is 1. The number of hydrogen-bond acceptors (Lipinski definition) is 4. The van der Waals surface area contributed by atoms with E-state index in [9.17, 15) is 9.59 Å².